The van der Waals surface area contributed by atoms with Gasteiger partial charge < -0.3 is 0 Å². The van der Waals surface area contributed by atoms with Crippen LogP contribution in [-0.4, -0.2) is 0 Å². The maximum atomic E-state index is 14.4. The SMILES string of the molecule is Cc1ccccc(C)c(P)c2ccccc2c1F. The quantitative estimate of drug-likeness (QED) is 0.621. The van der Waals surface area contributed by atoms with Gasteiger partial charge >= 0.3 is 0 Å². The summed E-state index contributed by atoms with van der Waals surface area (Å²) in [6, 6.07) is 15.2. The summed E-state index contributed by atoms with van der Waals surface area (Å²) >= 11 is 0. The van der Waals surface area contributed by atoms with E-state index in [-0.39, 0.29) is 5.82 Å². The monoisotopic (exact) mass is 258 g/mol. The van der Waals surface area contributed by atoms with Crippen LogP contribution in [0, 0.1) is 19.7 Å². The van der Waals surface area contributed by atoms with E-state index in [1.54, 1.807) is 13.0 Å². The molecule has 0 bridgehead atoms. The van der Waals surface area contributed by atoms with E-state index in [1.165, 1.54) is 0 Å². The number of fused-ring (bicyclic) bond motifs is 1. The molecule has 0 spiro atoms. The van der Waals surface area contributed by atoms with Crippen molar-refractivity contribution in [1.29, 1.82) is 0 Å². The van der Waals surface area contributed by atoms with Crippen molar-refractivity contribution in [1.82, 2.24) is 0 Å². The van der Waals surface area contributed by atoms with Crippen LogP contribution in [0.3, 0.4) is 0 Å². The lowest BCUT2D eigenvalue weighted by atomic mass is 10.1. The smallest absolute Gasteiger partial charge is 0.133 e. The normalized spacial score (nSPS) is 10.2. The second kappa shape index (κ2) is 5.46. The van der Waals surface area contributed by atoms with Crippen molar-refractivity contribution in [2.75, 3.05) is 0 Å². The average Bonchev–Trinajstić information content (AvgIpc) is 2.40. The highest BCUT2D eigenvalue weighted by molar-refractivity contribution is 7.28. The molecule has 2 aromatic carbocycles. The van der Waals surface area contributed by atoms with Crippen LogP contribution in [0.25, 0.3) is 10.8 Å². The standard InChI is InChI=1S/C16H16FP/c1-11-7-3-4-8-12(2)16(18)14-10-6-5-9-13(14)15(11)17/h3-10H,18H2,1-2H3. The Morgan fingerprint density at radius 1 is 0.778 bits per heavy atom. The second-order valence-corrected chi connectivity index (χ2v) is 4.93. The third kappa shape index (κ3) is 2.52. The number of benzene rings is 1. The zero-order chi connectivity index (χ0) is 13.1. The van der Waals surface area contributed by atoms with Crippen molar-refractivity contribution in [3.8, 4) is 0 Å². The highest BCUT2D eigenvalue weighted by Crippen LogP contribution is 2.18. The summed E-state index contributed by atoms with van der Waals surface area (Å²) in [7, 11) is 2.71. The summed E-state index contributed by atoms with van der Waals surface area (Å²) < 4.78 is 14.4. The molecule has 1 atom stereocenters. The van der Waals surface area contributed by atoms with E-state index in [0.29, 0.717) is 10.9 Å². The Bertz CT molecular complexity index is 589. The molecule has 0 aliphatic heterocycles. The summed E-state index contributed by atoms with van der Waals surface area (Å²) in [5.41, 5.74) is 1.76. The van der Waals surface area contributed by atoms with Crippen molar-refractivity contribution in [2.45, 2.75) is 13.8 Å². The minimum absolute atomic E-state index is 0.162. The minimum Gasteiger partial charge on any atom is -0.206 e. The fourth-order valence-electron chi connectivity index (χ4n) is 1.90. The highest BCUT2D eigenvalue weighted by Gasteiger charge is 2.02. The van der Waals surface area contributed by atoms with E-state index in [1.807, 2.05) is 49.4 Å². The number of hydrogen-bond acceptors (Lipinski definition) is 0. The highest BCUT2D eigenvalue weighted by atomic mass is 31.0. The Morgan fingerprint density at radius 3 is 1.94 bits per heavy atom. The molecule has 0 heterocycles. The van der Waals surface area contributed by atoms with Gasteiger partial charge in [-0.25, -0.2) is 4.39 Å². The van der Waals surface area contributed by atoms with Crippen LogP contribution in [0.15, 0.2) is 48.5 Å². The molecule has 0 aliphatic rings. The Hall–Kier alpha value is -1.46. The molecule has 0 saturated heterocycles. The lowest BCUT2D eigenvalue weighted by molar-refractivity contribution is 0.631. The van der Waals surface area contributed by atoms with Crippen LogP contribution in [-0.2, 0) is 0 Å². The van der Waals surface area contributed by atoms with Crippen LogP contribution in [0.4, 0.5) is 4.39 Å². The first-order chi connectivity index (χ1) is 8.61. The van der Waals surface area contributed by atoms with E-state index in [2.05, 4.69) is 9.24 Å². The molecule has 92 valence electrons. The summed E-state index contributed by atoms with van der Waals surface area (Å²) in [4.78, 5) is 0. The molecule has 0 nitrogen and oxygen atoms in total. The molecule has 0 aromatic heterocycles. The van der Waals surface area contributed by atoms with Gasteiger partial charge in [0.2, 0.25) is 0 Å². The van der Waals surface area contributed by atoms with E-state index in [9.17, 15) is 4.39 Å². The molecule has 0 N–H and O–H groups in total. The Morgan fingerprint density at radius 2 is 1.28 bits per heavy atom. The first-order valence-electron chi connectivity index (χ1n) is 5.88. The Kier molecular flexibility index (Phi) is 3.93. The predicted octanol–water partition coefficient (Wildman–Crippen LogP) is 4.22. The fourth-order valence-corrected chi connectivity index (χ4v) is 2.24. The molecule has 2 aromatic rings. The van der Waals surface area contributed by atoms with Crippen LogP contribution < -0.4 is 5.30 Å². The molecule has 0 radical (unpaired) electrons. The van der Waals surface area contributed by atoms with Gasteiger partial charge in [0.05, 0.1) is 0 Å². The molecule has 0 saturated carbocycles. The molecule has 2 heteroatoms. The van der Waals surface area contributed by atoms with Gasteiger partial charge in [0.25, 0.3) is 0 Å². The zero-order valence-electron chi connectivity index (χ0n) is 10.6. The largest absolute Gasteiger partial charge is 0.206 e. The van der Waals surface area contributed by atoms with Gasteiger partial charge in [-0.2, -0.15) is 0 Å². The van der Waals surface area contributed by atoms with Gasteiger partial charge in [-0.15, -0.1) is 9.24 Å². The lowest BCUT2D eigenvalue weighted by Crippen LogP contribution is -1.96. The third-order valence-electron chi connectivity index (χ3n) is 3.03. The Labute approximate surface area is 109 Å². The number of hydrogen-bond donors (Lipinski definition) is 0. The van der Waals surface area contributed by atoms with Crippen LogP contribution in [0.1, 0.15) is 11.1 Å². The number of aryl methyl sites for hydroxylation is 2. The van der Waals surface area contributed by atoms with E-state index >= 15 is 0 Å². The van der Waals surface area contributed by atoms with Crippen molar-refractivity contribution < 1.29 is 4.39 Å². The summed E-state index contributed by atoms with van der Waals surface area (Å²) in [6.07, 6.45) is 0. The van der Waals surface area contributed by atoms with Crippen LogP contribution in [0.5, 0.6) is 0 Å². The van der Waals surface area contributed by atoms with Gasteiger partial charge in [0.1, 0.15) is 5.82 Å². The number of halogens is 1. The van der Waals surface area contributed by atoms with Crippen LogP contribution in [0.2, 0.25) is 0 Å². The molecule has 1 unspecified atom stereocenters. The van der Waals surface area contributed by atoms with Gasteiger partial charge in [-0.05, 0) is 35.7 Å². The average molecular weight is 258 g/mol. The first kappa shape index (κ1) is 13.0. The molecular formula is C16H16FP. The van der Waals surface area contributed by atoms with E-state index in [0.717, 1.165) is 16.3 Å². The first-order valence-corrected chi connectivity index (χ1v) is 6.46. The van der Waals surface area contributed by atoms with E-state index in [4.69, 9.17) is 0 Å². The molecule has 2 rings (SSSR count). The fraction of sp³-hybridized carbons (Fsp3) is 0.125. The predicted molar refractivity (Wildman–Crippen MR) is 80.4 cm³/mol. The van der Waals surface area contributed by atoms with E-state index < -0.39 is 0 Å². The number of rotatable bonds is 0. The van der Waals surface area contributed by atoms with Gasteiger partial charge in [0, 0.05) is 5.39 Å². The van der Waals surface area contributed by atoms with Crippen molar-refractivity contribution in [2.24, 2.45) is 0 Å². The molecule has 0 aliphatic carbocycles. The van der Waals surface area contributed by atoms with Crippen molar-refractivity contribution in [3.63, 3.8) is 0 Å². The van der Waals surface area contributed by atoms with Crippen LogP contribution >= 0.6 is 9.24 Å². The minimum atomic E-state index is -0.162. The molecule has 0 amide bonds. The summed E-state index contributed by atoms with van der Waals surface area (Å²) in [5.74, 6) is -0.162. The topological polar surface area (TPSA) is 0 Å². The summed E-state index contributed by atoms with van der Waals surface area (Å²) in [6.45, 7) is 3.82. The van der Waals surface area contributed by atoms with Crippen molar-refractivity contribution >= 4 is 25.3 Å². The lowest BCUT2D eigenvalue weighted by Gasteiger charge is -2.03. The van der Waals surface area contributed by atoms with Gasteiger partial charge in [-0.3, -0.25) is 0 Å². The molecular weight excluding hydrogens is 242 g/mol. The summed E-state index contributed by atoms with van der Waals surface area (Å²) in [5, 5.41) is 2.61. The van der Waals surface area contributed by atoms with Crippen molar-refractivity contribution in [3.05, 3.63) is 65.5 Å². The Balaban J connectivity index is 3.07. The van der Waals surface area contributed by atoms with Gasteiger partial charge in [-0.1, -0.05) is 48.5 Å². The maximum absolute atomic E-state index is 14.4. The maximum Gasteiger partial charge on any atom is 0.133 e. The van der Waals surface area contributed by atoms with Gasteiger partial charge in [0.15, 0.2) is 0 Å². The second-order valence-electron chi connectivity index (χ2n) is 4.36. The zero-order valence-corrected chi connectivity index (χ0v) is 11.7. The molecule has 0 fully saturated rings. The molecule has 18 heavy (non-hydrogen) atoms. The third-order valence-corrected chi connectivity index (χ3v) is 3.79.